The summed E-state index contributed by atoms with van der Waals surface area (Å²) >= 11 is 0. The molecular weight excluding hydrogens is 332 g/mol. The van der Waals surface area contributed by atoms with Crippen LogP contribution in [0.2, 0.25) is 0 Å². The molecule has 0 aromatic heterocycles. The SMILES string of the molecule is Cc1ccc(C(=O)NCC(=O)OCC(=O)c2cc(F)ccc2F)cc1. The van der Waals surface area contributed by atoms with Crippen LogP contribution in [0.15, 0.2) is 42.5 Å². The molecule has 25 heavy (non-hydrogen) atoms. The van der Waals surface area contributed by atoms with Crippen LogP contribution in [0.3, 0.4) is 0 Å². The molecule has 0 fully saturated rings. The molecule has 0 spiro atoms. The molecule has 0 unspecified atom stereocenters. The molecule has 0 aliphatic carbocycles. The number of amides is 1. The zero-order valence-electron chi connectivity index (χ0n) is 13.3. The number of ether oxygens (including phenoxy) is 1. The van der Waals surface area contributed by atoms with Crippen molar-refractivity contribution < 1.29 is 27.9 Å². The van der Waals surface area contributed by atoms with Crippen LogP contribution in [0.5, 0.6) is 0 Å². The number of carbonyl (C=O) groups excluding carboxylic acids is 3. The van der Waals surface area contributed by atoms with E-state index in [1.807, 2.05) is 6.92 Å². The van der Waals surface area contributed by atoms with E-state index < -0.39 is 48.0 Å². The molecule has 2 aromatic rings. The maximum atomic E-state index is 13.4. The van der Waals surface area contributed by atoms with Crippen molar-refractivity contribution >= 4 is 17.7 Å². The number of halogens is 2. The molecule has 0 atom stereocenters. The highest BCUT2D eigenvalue weighted by atomic mass is 19.1. The molecule has 0 heterocycles. The summed E-state index contributed by atoms with van der Waals surface area (Å²) in [6.45, 7) is 0.669. The van der Waals surface area contributed by atoms with E-state index in [1.165, 1.54) is 0 Å². The summed E-state index contributed by atoms with van der Waals surface area (Å²) in [6.07, 6.45) is 0. The molecule has 1 amide bonds. The third-order valence-electron chi connectivity index (χ3n) is 3.30. The number of Topliss-reactive ketones (excluding diaryl/α,β-unsaturated/α-hetero) is 1. The summed E-state index contributed by atoms with van der Waals surface area (Å²) in [5.74, 6) is -3.91. The van der Waals surface area contributed by atoms with E-state index in [9.17, 15) is 23.2 Å². The van der Waals surface area contributed by atoms with Gasteiger partial charge in [0.1, 0.15) is 18.2 Å². The number of hydrogen-bond acceptors (Lipinski definition) is 4. The van der Waals surface area contributed by atoms with Crippen LogP contribution in [0.1, 0.15) is 26.3 Å². The van der Waals surface area contributed by atoms with Gasteiger partial charge in [0.05, 0.1) is 5.56 Å². The fourth-order valence-electron chi connectivity index (χ4n) is 1.95. The molecule has 130 valence electrons. The second-order valence-electron chi connectivity index (χ2n) is 5.26. The first kappa shape index (κ1) is 18.3. The van der Waals surface area contributed by atoms with Crippen LogP contribution < -0.4 is 5.32 Å². The summed E-state index contributed by atoms with van der Waals surface area (Å²) in [4.78, 5) is 35.1. The summed E-state index contributed by atoms with van der Waals surface area (Å²) < 4.78 is 31.1. The number of esters is 1. The van der Waals surface area contributed by atoms with Crippen molar-refractivity contribution in [3.63, 3.8) is 0 Å². The minimum atomic E-state index is -0.907. The van der Waals surface area contributed by atoms with E-state index in [1.54, 1.807) is 24.3 Å². The minimum Gasteiger partial charge on any atom is -0.456 e. The number of rotatable bonds is 6. The Morgan fingerprint density at radius 3 is 2.40 bits per heavy atom. The first-order chi connectivity index (χ1) is 11.9. The smallest absolute Gasteiger partial charge is 0.325 e. The molecule has 1 N–H and O–H groups in total. The number of benzene rings is 2. The highest BCUT2D eigenvalue weighted by molar-refractivity contribution is 5.99. The Bertz CT molecular complexity index is 803. The second kappa shape index (κ2) is 8.14. The third-order valence-corrected chi connectivity index (χ3v) is 3.30. The second-order valence-corrected chi connectivity index (χ2v) is 5.26. The Kier molecular flexibility index (Phi) is 5.94. The van der Waals surface area contributed by atoms with Gasteiger partial charge in [0, 0.05) is 5.56 Å². The van der Waals surface area contributed by atoms with Crippen molar-refractivity contribution in [2.24, 2.45) is 0 Å². The number of hydrogen-bond donors (Lipinski definition) is 1. The van der Waals surface area contributed by atoms with Crippen molar-refractivity contribution in [2.75, 3.05) is 13.2 Å². The predicted octanol–water partition coefficient (Wildman–Crippen LogP) is 2.43. The largest absolute Gasteiger partial charge is 0.456 e. The van der Waals surface area contributed by atoms with Crippen molar-refractivity contribution in [1.29, 1.82) is 0 Å². The Morgan fingerprint density at radius 1 is 1.04 bits per heavy atom. The summed E-state index contributed by atoms with van der Waals surface area (Å²) in [5, 5.41) is 2.34. The van der Waals surface area contributed by atoms with E-state index in [0.29, 0.717) is 5.56 Å². The zero-order valence-corrected chi connectivity index (χ0v) is 13.3. The van der Waals surface area contributed by atoms with Crippen LogP contribution in [-0.2, 0) is 9.53 Å². The van der Waals surface area contributed by atoms with E-state index in [2.05, 4.69) is 10.1 Å². The lowest BCUT2D eigenvalue weighted by atomic mass is 10.1. The summed E-state index contributed by atoms with van der Waals surface area (Å²) in [7, 11) is 0. The van der Waals surface area contributed by atoms with Crippen LogP contribution in [0.4, 0.5) is 8.78 Å². The predicted molar refractivity (Wildman–Crippen MR) is 85.2 cm³/mol. The molecule has 0 saturated heterocycles. The molecule has 0 aliphatic rings. The molecule has 5 nitrogen and oxygen atoms in total. The Balaban J connectivity index is 1.82. The maximum absolute atomic E-state index is 13.4. The normalized spacial score (nSPS) is 10.2. The van der Waals surface area contributed by atoms with Gasteiger partial charge in [0.2, 0.25) is 5.78 Å². The average Bonchev–Trinajstić information content (AvgIpc) is 2.60. The van der Waals surface area contributed by atoms with Gasteiger partial charge in [-0.1, -0.05) is 17.7 Å². The third kappa shape index (κ3) is 5.20. The Hall–Kier alpha value is -3.09. The van der Waals surface area contributed by atoms with Gasteiger partial charge in [0.15, 0.2) is 6.61 Å². The lowest BCUT2D eigenvalue weighted by molar-refractivity contribution is -0.141. The lowest BCUT2D eigenvalue weighted by Crippen LogP contribution is -2.31. The number of carbonyl (C=O) groups is 3. The standard InChI is InChI=1S/C18H15F2NO4/c1-11-2-4-12(5-3-11)18(24)21-9-17(23)25-10-16(22)14-8-13(19)6-7-15(14)20/h2-8H,9-10H2,1H3,(H,21,24). The summed E-state index contributed by atoms with van der Waals surface area (Å²) in [5.41, 5.74) is 0.854. The molecule has 2 aromatic carbocycles. The van der Waals surface area contributed by atoms with Gasteiger partial charge in [0.25, 0.3) is 5.91 Å². The average molecular weight is 347 g/mol. The van der Waals surface area contributed by atoms with Gasteiger partial charge in [-0.2, -0.15) is 0 Å². The molecular formula is C18H15F2NO4. The molecule has 0 radical (unpaired) electrons. The van der Waals surface area contributed by atoms with Gasteiger partial charge < -0.3 is 10.1 Å². The Morgan fingerprint density at radius 2 is 1.72 bits per heavy atom. The number of ketones is 1. The molecule has 0 aliphatic heterocycles. The van der Waals surface area contributed by atoms with Gasteiger partial charge >= 0.3 is 5.97 Å². The van der Waals surface area contributed by atoms with Gasteiger partial charge in [-0.05, 0) is 37.3 Å². The van der Waals surface area contributed by atoms with Crippen molar-refractivity contribution in [3.05, 3.63) is 70.8 Å². The quantitative estimate of drug-likeness (QED) is 0.643. The van der Waals surface area contributed by atoms with Crippen LogP contribution >= 0.6 is 0 Å². The molecule has 0 bridgehead atoms. The highest BCUT2D eigenvalue weighted by Crippen LogP contribution is 2.10. The van der Waals surface area contributed by atoms with Crippen LogP contribution in [-0.4, -0.2) is 30.8 Å². The highest BCUT2D eigenvalue weighted by Gasteiger charge is 2.16. The lowest BCUT2D eigenvalue weighted by Gasteiger charge is -2.07. The van der Waals surface area contributed by atoms with Gasteiger partial charge in [-0.3, -0.25) is 14.4 Å². The fourth-order valence-corrected chi connectivity index (χ4v) is 1.95. The van der Waals surface area contributed by atoms with E-state index in [-0.39, 0.29) is 0 Å². The molecule has 0 saturated carbocycles. The van der Waals surface area contributed by atoms with Crippen LogP contribution in [0.25, 0.3) is 0 Å². The minimum absolute atomic E-state index is 0.372. The fraction of sp³-hybridized carbons (Fsp3) is 0.167. The number of nitrogens with one attached hydrogen (secondary N) is 1. The maximum Gasteiger partial charge on any atom is 0.325 e. The van der Waals surface area contributed by atoms with E-state index >= 15 is 0 Å². The molecule has 7 heteroatoms. The van der Waals surface area contributed by atoms with Gasteiger partial charge in [-0.25, -0.2) is 8.78 Å². The van der Waals surface area contributed by atoms with E-state index in [4.69, 9.17) is 0 Å². The first-order valence-corrected chi connectivity index (χ1v) is 7.35. The first-order valence-electron chi connectivity index (χ1n) is 7.35. The van der Waals surface area contributed by atoms with Crippen molar-refractivity contribution in [1.82, 2.24) is 5.32 Å². The summed E-state index contributed by atoms with van der Waals surface area (Å²) in [6, 6.07) is 9.12. The topological polar surface area (TPSA) is 72.5 Å². The van der Waals surface area contributed by atoms with Crippen LogP contribution in [0, 0.1) is 18.6 Å². The monoisotopic (exact) mass is 347 g/mol. The van der Waals surface area contributed by atoms with Crippen molar-refractivity contribution in [2.45, 2.75) is 6.92 Å². The molecule has 2 rings (SSSR count). The van der Waals surface area contributed by atoms with Gasteiger partial charge in [-0.15, -0.1) is 0 Å². The number of aryl methyl sites for hydroxylation is 1. The zero-order chi connectivity index (χ0) is 18.4. The Labute approximate surface area is 142 Å². The van der Waals surface area contributed by atoms with Crippen molar-refractivity contribution in [3.8, 4) is 0 Å². The van der Waals surface area contributed by atoms with E-state index in [0.717, 1.165) is 23.8 Å².